The Bertz CT molecular complexity index is 290. The molecule has 0 bridgehead atoms. The Hall–Kier alpha value is -0.610. The first-order chi connectivity index (χ1) is 9.53. The molecule has 0 aromatic carbocycles. The van der Waals surface area contributed by atoms with Crippen molar-refractivity contribution in [1.29, 1.82) is 0 Å². The van der Waals surface area contributed by atoms with Crippen molar-refractivity contribution >= 4 is 5.97 Å². The summed E-state index contributed by atoms with van der Waals surface area (Å²) < 4.78 is 0. The number of hydrogen-bond donors (Lipinski definition) is 2. The third-order valence-corrected chi connectivity index (χ3v) is 4.63. The third-order valence-electron chi connectivity index (χ3n) is 4.63. The molecular weight excluding hydrogens is 252 g/mol. The van der Waals surface area contributed by atoms with Crippen LogP contribution in [0.2, 0.25) is 0 Å². The minimum Gasteiger partial charge on any atom is -0.480 e. The van der Waals surface area contributed by atoms with Crippen LogP contribution in [-0.2, 0) is 4.79 Å². The fourth-order valence-electron chi connectivity index (χ4n) is 3.08. The van der Waals surface area contributed by atoms with E-state index in [4.69, 9.17) is 0 Å². The van der Waals surface area contributed by atoms with Crippen LogP contribution in [0.5, 0.6) is 0 Å². The summed E-state index contributed by atoms with van der Waals surface area (Å²) in [6.45, 7) is 8.73. The topological polar surface area (TPSA) is 52.6 Å². The number of carbonyl (C=O) groups is 1. The summed E-state index contributed by atoms with van der Waals surface area (Å²) in [5, 5.41) is 12.7. The molecule has 1 aliphatic carbocycles. The van der Waals surface area contributed by atoms with Gasteiger partial charge in [-0.3, -0.25) is 4.79 Å². The first-order valence-electron chi connectivity index (χ1n) is 8.26. The standard InChI is InChI=1S/C16H32N2O2/c1-4-12-17-16(3,15(19)20)11-13-18(5-2)14-9-7-6-8-10-14/h14,17H,4-13H2,1-3H3,(H,19,20). The summed E-state index contributed by atoms with van der Waals surface area (Å²) in [5.74, 6) is -0.731. The second-order valence-corrected chi connectivity index (χ2v) is 6.23. The van der Waals surface area contributed by atoms with E-state index < -0.39 is 11.5 Å². The zero-order valence-electron chi connectivity index (χ0n) is 13.5. The molecule has 0 aromatic heterocycles. The summed E-state index contributed by atoms with van der Waals surface area (Å²) in [7, 11) is 0. The monoisotopic (exact) mass is 284 g/mol. The average Bonchev–Trinajstić information content (AvgIpc) is 2.46. The second kappa shape index (κ2) is 8.63. The van der Waals surface area contributed by atoms with Crippen LogP contribution in [0.3, 0.4) is 0 Å². The molecule has 2 N–H and O–H groups in total. The van der Waals surface area contributed by atoms with Crippen molar-refractivity contribution in [3.05, 3.63) is 0 Å². The lowest BCUT2D eigenvalue weighted by molar-refractivity contribution is -0.144. The minimum atomic E-state index is -0.794. The zero-order chi connectivity index (χ0) is 15.0. The molecule has 4 heteroatoms. The Morgan fingerprint density at radius 2 is 1.95 bits per heavy atom. The van der Waals surface area contributed by atoms with Crippen LogP contribution in [-0.4, -0.2) is 47.2 Å². The van der Waals surface area contributed by atoms with Crippen molar-refractivity contribution in [1.82, 2.24) is 10.2 Å². The molecular formula is C16H32N2O2. The lowest BCUT2D eigenvalue weighted by Gasteiger charge is -2.36. The number of aliphatic carboxylic acids is 1. The number of nitrogens with zero attached hydrogens (tertiary/aromatic N) is 1. The van der Waals surface area contributed by atoms with Crippen LogP contribution < -0.4 is 5.32 Å². The Morgan fingerprint density at radius 1 is 1.30 bits per heavy atom. The Balaban J connectivity index is 2.52. The first-order valence-corrected chi connectivity index (χ1v) is 8.26. The molecule has 0 aliphatic heterocycles. The van der Waals surface area contributed by atoms with Gasteiger partial charge in [0.2, 0.25) is 0 Å². The summed E-state index contributed by atoms with van der Waals surface area (Å²) in [6.07, 6.45) is 8.20. The van der Waals surface area contributed by atoms with E-state index in [0.717, 1.165) is 26.1 Å². The number of carboxylic acid groups (broad SMARTS) is 1. The molecule has 1 rings (SSSR count). The zero-order valence-corrected chi connectivity index (χ0v) is 13.5. The maximum Gasteiger partial charge on any atom is 0.323 e. The second-order valence-electron chi connectivity index (χ2n) is 6.23. The lowest BCUT2D eigenvalue weighted by atomic mass is 9.92. The van der Waals surface area contributed by atoms with E-state index >= 15 is 0 Å². The molecule has 0 radical (unpaired) electrons. The van der Waals surface area contributed by atoms with Gasteiger partial charge >= 0.3 is 5.97 Å². The van der Waals surface area contributed by atoms with Gasteiger partial charge in [0.1, 0.15) is 5.54 Å². The fraction of sp³-hybridized carbons (Fsp3) is 0.938. The number of carboxylic acids is 1. The van der Waals surface area contributed by atoms with Gasteiger partial charge in [0.15, 0.2) is 0 Å². The Kier molecular flexibility index (Phi) is 7.52. The molecule has 0 aromatic rings. The van der Waals surface area contributed by atoms with Crippen molar-refractivity contribution in [2.75, 3.05) is 19.6 Å². The van der Waals surface area contributed by atoms with Gasteiger partial charge in [0, 0.05) is 12.6 Å². The van der Waals surface area contributed by atoms with Crippen LogP contribution in [0.1, 0.15) is 65.7 Å². The van der Waals surface area contributed by atoms with Crippen LogP contribution in [0.15, 0.2) is 0 Å². The molecule has 0 saturated heterocycles. The molecule has 1 aliphatic rings. The highest BCUT2D eigenvalue weighted by Crippen LogP contribution is 2.23. The summed E-state index contributed by atoms with van der Waals surface area (Å²) in [6, 6.07) is 0.665. The summed E-state index contributed by atoms with van der Waals surface area (Å²) in [5.41, 5.74) is -0.794. The van der Waals surface area contributed by atoms with E-state index in [1.165, 1.54) is 32.1 Å². The molecule has 0 spiro atoms. The van der Waals surface area contributed by atoms with Crippen molar-refractivity contribution in [2.24, 2.45) is 0 Å². The van der Waals surface area contributed by atoms with E-state index in [-0.39, 0.29) is 0 Å². The molecule has 0 heterocycles. The lowest BCUT2D eigenvalue weighted by Crippen LogP contribution is -2.52. The van der Waals surface area contributed by atoms with E-state index in [0.29, 0.717) is 12.5 Å². The highest BCUT2D eigenvalue weighted by Gasteiger charge is 2.33. The van der Waals surface area contributed by atoms with E-state index in [1.807, 2.05) is 6.92 Å². The maximum atomic E-state index is 11.5. The molecule has 4 nitrogen and oxygen atoms in total. The smallest absolute Gasteiger partial charge is 0.323 e. The normalized spacial score (nSPS) is 20.0. The quantitative estimate of drug-likeness (QED) is 0.683. The van der Waals surface area contributed by atoms with Gasteiger partial charge in [-0.05, 0) is 45.7 Å². The summed E-state index contributed by atoms with van der Waals surface area (Å²) in [4.78, 5) is 14.0. The molecule has 20 heavy (non-hydrogen) atoms. The third kappa shape index (κ3) is 5.06. The van der Waals surface area contributed by atoms with Gasteiger partial charge in [0.25, 0.3) is 0 Å². The number of nitrogens with one attached hydrogen (secondary N) is 1. The molecule has 1 saturated carbocycles. The fourth-order valence-corrected chi connectivity index (χ4v) is 3.08. The summed E-state index contributed by atoms with van der Waals surface area (Å²) >= 11 is 0. The van der Waals surface area contributed by atoms with Gasteiger partial charge in [-0.2, -0.15) is 0 Å². The average molecular weight is 284 g/mol. The molecule has 1 fully saturated rings. The SMILES string of the molecule is CCCNC(C)(CCN(CC)C1CCCCC1)C(=O)O. The van der Waals surface area contributed by atoms with E-state index in [2.05, 4.69) is 24.1 Å². The van der Waals surface area contributed by atoms with E-state index in [9.17, 15) is 9.90 Å². The van der Waals surface area contributed by atoms with Gasteiger partial charge in [-0.25, -0.2) is 0 Å². The van der Waals surface area contributed by atoms with Crippen LogP contribution in [0, 0.1) is 0 Å². The molecule has 118 valence electrons. The van der Waals surface area contributed by atoms with Crippen LogP contribution in [0.25, 0.3) is 0 Å². The number of hydrogen-bond acceptors (Lipinski definition) is 3. The van der Waals surface area contributed by atoms with Gasteiger partial charge in [-0.15, -0.1) is 0 Å². The Labute approximate surface area is 123 Å². The van der Waals surface area contributed by atoms with Gasteiger partial charge < -0.3 is 15.3 Å². The van der Waals surface area contributed by atoms with Gasteiger partial charge in [0.05, 0.1) is 0 Å². The molecule has 1 unspecified atom stereocenters. The number of rotatable bonds is 9. The van der Waals surface area contributed by atoms with Crippen LogP contribution >= 0.6 is 0 Å². The van der Waals surface area contributed by atoms with Crippen molar-refractivity contribution in [2.45, 2.75) is 77.3 Å². The van der Waals surface area contributed by atoms with Crippen molar-refractivity contribution < 1.29 is 9.90 Å². The molecule has 1 atom stereocenters. The van der Waals surface area contributed by atoms with Gasteiger partial charge in [-0.1, -0.05) is 33.1 Å². The largest absolute Gasteiger partial charge is 0.480 e. The Morgan fingerprint density at radius 3 is 2.45 bits per heavy atom. The first kappa shape index (κ1) is 17.4. The highest BCUT2D eigenvalue weighted by molar-refractivity contribution is 5.78. The minimum absolute atomic E-state index is 0.665. The van der Waals surface area contributed by atoms with E-state index in [1.54, 1.807) is 0 Å². The predicted octanol–water partition coefficient (Wildman–Crippen LogP) is 2.87. The molecule has 0 amide bonds. The maximum absolute atomic E-state index is 11.5. The predicted molar refractivity (Wildman–Crippen MR) is 83.1 cm³/mol. The van der Waals surface area contributed by atoms with Crippen molar-refractivity contribution in [3.8, 4) is 0 Å². The highest BCUT2D eigenvalue weighted by atomic mass is 16.4. The van der Waals surface area contributed by atoms with Crippen LogP contribution in [0.4, 0.5) is 0 Å². The van der Waals surface area contributed by atoms with Crippen molar-refractivity contribution in [3.63, 3.8) is 0 Å².